The molecule has 0 aliphatic heterocycles. The van der Waals surface area contributed by atoms with Crippen LogP contribution in [-0.4, -0.2) is 18.9 Å². The highest BCUT2D eigenvalue weighted by Gasteiger charge is 2.29. The molecule has 0 heterocycles. The number of benzene rings is 3. The number of carbonyl (C=O) groups excluding carboxylic acids is 2. The van der Waals surface area contributed by atoms with Crippen LogP contribution in [0.3, 0.4) is 0 Å². The van der Waals surface area contributed by atoms with Crippen molar-refractivity contribution in [3.8, 4) is 0 Å². The van der Waals surface area contributed by atoms with Gasteiger partial charge in [-0.2, -0.15) is 0 Å². The number of esters is 1. The van der Waals surface area contributed by atoms with Gasteiger partial charge in [-0.05, 0) is 29.3 Å². The average Bonchev–Trinajstić information content (AvgIpc) is 2.75. The molecule has 0 aromatic heterocycles. The maximum absolute atomic E-state index is 13.3. The number of anilines is 1. The van der Waals surface area contributed by atoms with Gasteiger partial charge < -0.3 is 9.64 Å². The molecular formula is C24H25NO3. The highest BCUT2D eigenvalue weighted by atomic mass is 16.5. The van der Waals surface area contributed by atoms with E-state index in [2.05, 4.69) is 0 Å². The molecule has 0 N–H and O–H groups in total. The molecule has 0 saturated heterocycles. The Balaban J connectivity index is 1.99. The maximum Gasteiger partial charge on any atom is 0.306 e. The van der Waals surface area contributed by atoms with Crippen LogP contribution < -0.4 is 4.90 Å². The first kappa shape index (κ1) is 19.6. The van der Waals surface area contributed by atoms with Gasteiger partial charge in [0.25, 0.3) is 5.91 Å². The van der Waals surface area contributed by atoms with Gasteiger partial charge in [0, 0.05) is 24.7 Å². The van der Waals surface area contributed by atoms with E-state index in [1.165, 1.54) is 0 Å². The number of hydrogen-bond acceptors (Lipinski definition) is 3. The molecule has 0 aliphatic rings. The van der Waals surface area contributed by atoms with Crippen molar-refractivity contribution in [3.05, 3.63) is 78.4 Å². The minimum absolute atomic E-state index is 0.271. The number of amides is 1. The third kappa shape index (κ3) is 4.39. The number of hydrogen-bond donors (Lipinski definition) is 0. The minimum Gasteiger partial charge on any atom is -0.447 e. The fraction of sp³-hybridized carbons (Fsp3) is 0.250. The van der Waals surface area contributed by atoms with E-state index in [0.29, 0.717) is 12.0 Å². The van der Waals surface area contributed by atoms with E-state index in [1.54, 1.807) is 11.9 Å². The van der Waals surface area contributed by atoms with Crippen molar-refractivity contribution in [1.29, 1.82) is 0 Å². The SMILES string of the molecule is CCCCC(=O)O[C@H](C(=O)N(C)c1ccccc1)c1cccc2ccccc12. The molecule has 1 atom stereocenters. The summed E-state index contributed by atoms with van der Waals surface area (Å²) in [5.41, 5.74) is 1.46. The Morgan fingerprint density at radius 1 is 0.929 bits per heavy atom. The van der Waals surface area contributed by atoms with Crippen LogP contribution in [0.5, 0.6) is 0 Å². The normalized spacial score (nSPS) is 11.8. The van der Waals surface area contributed by atoms with Gasteiger partial charge in [0.1, 0.15) is 0 Å². The number of nitrogens with zero attached hydrogens (tertiary/aromatic N) is 1. The van der Waals surface area contributed by atoms with Gasteiger partial charge in [-0.25, -0.2) is 0 Å². The lowest BCUT2D eigenvalue weighted by atomic mass is 9.99. The topological polar surface area (TPSA) is 46.6 Å². The lowest BCUT2D eigenvalue weighted by molar-refractivity contribution is -0.155. The third-order valence-electron chi connectivity index (χ3n) is 4.79. The van der Waals surface area contributed by atoms with Crippen LogP contribution in [0.25, 0.3) is 10.8 Å². The minimum atomic E-state index is -0.985. The standard InChI is InChI=1S/C24H25NO3/c1-3-4-17-22(26)28-23(24(27)25(2)19-13-6-5-7-14-19)21-16-10-12-18-11-8-9-15-20(18)21/h5-16,23H,3-4,17H2,1-2H3/t23-/m0/s1. The number of fused-ring (bicyclic) bond motifs is 1. The molecule has 0 bridgehead atoms. The van der Waals surface area contributed by atoms with Crippen molar-refractivity contribution in [1.82, 2.24) is 0 Å². The Hall–Kier alpha value is -3.14. The fourth-order valence-electron chi connectivity index (χ4n) is 3.19. The second kappa shape index (κ2) is 9.18. The number of rotatable bonds is 7. The van der Waals surface area contributed by atoms with Crippen LogP contribution in [0.4, 0.5) is 5.69 Å². The summed E-state index contributed by atoms with van der Waals surface area (Å²) >= 11 is 0. The predicted molar refractivity (Wildman–Crippen MR) is 112 cm³/mol. The van der Waals surface area contributed by atoms with Crippen LogP contribution in [0.2, 0.25) is 0 Å². The van der Waals surface area contributed by atoms with Gasteiger partial charge >= 0.3 is 5.97 Å². The van der Waals surface area contributed by atoms with Gasteiger partial charge in [-0.1, -0.05) is 74.0 Å². The summed E-state index contributed by atoms with van der Waals surface area (Å²) in [6.45, 7) is 2.02. The highest BCUT2D eigenvalue weighted by Crippen LogP contribution is 2.30. The van der Waals surface area contributed by atoms with Crippen molar-refractivity contribution >= 4 is 28.3 Å². The Morgan fingerprint density at radius 2 is 1.61 bits per heavy atom. The zero-order valence-electron chi connectivity index (χ0n) is 16.3. The summed E-state index contributed by atoms with van der Waals surface area (Å²) in [5, 5.41) is 1.91. The summed E-state index contributed by atoms with van der Waals surface area (Å²) in [4.78, 5) is 27.3. The predicted octanol–water partition coefficient (Wildman–Crippen LogP) is 5.28. The summed E-state index contributed by atoms with van der Waals surface area (Å²) in [6, 6.07) is 22.9. The summed E-state index contributed by atoms with van der Waals surface area (Å²) in [7, 11) is 1.70. The van der Waals surface area contributed by atoms with Crippen molar-refractivity contribution < 1.29 is 14.3 Å². The molecule has 28 heavy (non-hydrogen) atoms. The average molecular weight is 375 g/mol. The van der Waals surface area contributed by atoms with E-state index in [-0.39, 0.29) is 11.9 Å². The van der Waals surface area contributed by atoms with Crippen LogP contribution in [0.15, 0.2) is 72.8 Å². The Kier molecular flexibility index (Phi) is 6.43. The first-order valence-corrected chi connectivity index (χ1v) is 9.61. The zero-order chi connectivity index (χ0) is 19.9. The molecule has 0 radical (unpaired) electrons. The number of para-hydroxylation sites is 1. The van der Waals surface area contributed by atoms with Gasteiger partial charge in [0.2, 0.25) is 6.10 Å². The molecule has 3 aromatic rings. The fourth-order valence-corrected chi connectivity index (χ4v) is 3.19. The largest absolute Gasteiger partial charge is 0.447 e. The summed E-state index contributed by atoms with van der Waals surface area (Å²) in [5.74, 6) is -0.623. The van der Waals surface area contributed by atoms with Crippen LogP contribution in [0.1, 0.15) is 37.9 Å². The van der Waals surface area contributed by atoms with E-state index >= 15 is 0 Å². The number of likely N-dealkylation sites (N-methyl/N-ethyl adjacent to an activating group) is 1. The van der Waals surface area contributed by atoms with E-state index in [1.807, 2.05) is 79.7 Å². The first-order chi connectivity index (χ1) is 13.6. The lowest BCUT2D eigenvalue weighted by Gasteiger charge is -2.25. The Bertz CT molecular complexity index is 947. The summed E-state index contributed by atoms with van der Waals surface area (Å²) in [6.07, 6.45) is 0.955. The molecule has 4 heteroatoms. The number of unbranched alkanes of at least 4 members (excludes halogenated alkanes) is 1. The lowest BCUT2D eigenvalue weighted by Crippen LogP contribution is -2.34. The zero-order valence-corrected chi connectivity index (χ0v) is 16.3. The first-order valence-electron chi connectivity index (χ1n) is 9.61. The van der Waals surface area contributed by atoms with Gasteiger partial charge in [-0.15, -0.1) is 0 Å². The molecule has 0 unspecified atom stereocenters. The van der Waals surface area contributed by atoms with Crippen molar-refractivity contribution in [2.75, 3.05) is 11.9 Å². The monoisotopic (exact) mass is 375 g/mol. The Morgan fingerprint density at radius 3 is 2.36 bits per heavy atom. The molecule has 4 nitrogen and oxygen atoms in total. The molecule has 0 saturated carbocycles. The van der Waals surface area contributed by atoms with Crippen LogP contribution in [-0.2, 0) is 14.3 Å². The van der Waals surface area contributed by atoms with Gasteiger partial charge in [0.05, 0.1) is 0 Å². The van der Waals surface area contributed by atoms with E-state index in [4.69, 9.17) is 4.74 Å². The number of carbonyl (C=O) groups is 2. The van der Waals surface area contributed by atoms with E-state index < -0.39 is 6.10 Å². The van der Waals surface area contributed by atoms with Gasteiger partial charge in [0.15, 0.2) is 0 Å². The Labute approximate surface area is 165 Å². The number of ether oxygens (including phenoxy) is 1. The third-order valence-corrected chi connectivity index (χ3v) is 4.79. The van der Waals surface area contributed by atoms with Crippen molar-refractivity contribution in [2.24, 2.45) is 0 Å². The smallest absolute Gasteiger partial charge is 0.306 e. The van der Waals surface area contributed by atoms with Gasteiger partial charge in [-0.3, -0.25) is 9.59 Å². The molecular weight excluding hydrogens is 350 g/mol. The second-order valence-electron chi connectivity index (χ2n) is 6.77. The van der Waals surface area contributed by atoms with Crippen LogP contribution in [0, 0.1) is 0 Å². The second-order valence-corrected chi connectivity index (χ2v) is 6.77. The molecule has 0 aliphatic carbocycles. The molecule has 1 amide bonds. The maximum atomic E-state index is 13.3. The molecule has 0 fully saturated rings. The van der Waals surface area contributed by atoms with Crippen LogP contribution >= 0.6 is 0 Å². The molecule has 3 aromatic carbocycles. The highest BCUT2D eigenvalue weighted by molar-refractivity contribution is 6.00. The van der Waals surface area contributed by atoms with E-state index in [9.17, 15) is 9.59 Å². The quantitative estimate of drug-likeness (QED) is 0.528. The summed E-state index contributed by atoms with van der Waals surface area (Å²) < 4.78 is 5.72. The van der Waals surface area contributed by atoms with Crippen molar-refractivity contribution in [3.63, 3.8) is 0 Å². The molecule has 144 valence electrons. The molecule has 0 spiro atoms. The van der Waals surface area contributed by atoms with Crippen molar-refractivity contribution in [2.45, 2.75) is 32.3 Å². The molecule has 3 rings (SSSR count). The van der Waals surface area contributed by atoms with E-state index in [0.717, 1.165) is 29.3 Å².